The van der Waals surface area contributed by atoms with Gasteiger partial charge in [-0.25, -0.2) is 13.2 Å². The highest BCUT2D eigenvalue weighted by Crippen LogP contribution is 2.61. The number of hydrogen-bond donors (Lipinski definition) is 3. The number of carboxylic acid groups (broad SMARTS) is 1. The second-order valence-electron chi connectivity index (χ2n) is 9.03. The van der Waals surface area contributed by atoms with Crippen molar-refractivity contribution in [1.29, 1.82) is 0 Å². The maximum absolute atomic E-state index is 12.6. The van der Waals surface area contributed by atoms with Crippen molar-refractivity contribution in [3.63, 3.8) is 0 Å². The van der Waals surface area contributed by atoms with Crippen molar-refractivity contribution < 1.29 is 23.1 Å². The fourth-order valence-corrected chi connectivity index (χ4v) is 7.23. The summed E-state index contributed by atoms with van der Waals surface area (Å²) in [7, 11) is -4.05. The highest BCUT2D eigenvalue weighted by molar-refractivity contribution is 7.89. The summed E-state index contributed by atoms with van der Waals surface area (Å²) in [5.41, 5.74) is 2.66. The van der Waals surface area contributed by atoms with Gasteiger partial charge in [0.25, 0.3) is 10.0 Å². The molecule has 0 aromatic heterocycles. The molecule has 0 saturated heterocycles. The Morgan fingerprint density at radius 3 is 2.21 bits per heavy atom. The van der Waals surface area contributed by atoms with Crippen molar-refractivity contribution in [2.24, 2.45) is 23.2 Å². The van der Waals surface area contributed by atoms with E-state index in [0.717, 1.165) is 43.1 Å². The number of aromatic carboxylic acids is 1. The molecular formula is C20H26N2O5S. The summed E-state index contributed by atoms with van der Waals surface area (Å²) in [6, 6.07) is 3.89. The normalized spacial score (nSPS) is 31.0. The molecule has 4 fully saturated rings. The quantitative estimate of drug-likeness (QED) is 0.629. The van der Waals surface area contributed by atoms with Gasteiger partial charge in [0.1, 0.15) is 0 Å². The lowest BCUT2D eigenvalue weighted by molar-refractivity contribution is -0.129. The number of amides is 1. The summed E-state index contributed by atoms with van der Waals surface area (Å²) in [5.74, 6) is 0.631. The largest absolute Gasteiger partial charge is 0.478 e. The zero-order valence-corrected chi connectivity index (χ0v) is 16.7. The van der Waals surface area contributed by atoms with Crippen molar-refractivity contribution in [3.05, 3.63) is 29.3 Å². The highest BCUT2D eigenvalue weighted by Gasteiger charge is 2.51. The molecule has 0 aliphatic heterocycles. The number of sulfonamides is 1. The van der Waals surface area contributed by atoms with Gasteiger partial charge >= 0.3 is 5.97 Å². The summed E-state index contributed by atoms with van der Waals surface area (Å²) < 4.78 is 25.2. The van der Waals surface area contributed by atoms with E-state index in [4.69, 9.17) is 5.11 Å². The fraction of sp³-hybridized carbons (Fsp3) is 0.600. The van der Waals surface area contributed by atoms with Crippen molar-refractivity contribution in [2.75, 3.05) is 0 Å². The first-order chi connectivity index (χ1) is 13.2. The van der Waals surface area contributed by atoms with Crippen LogP contribution in [0.4, 0.5) is 0 Å². The van der Waals surface area contributed by atoms with Gasteiger partial charge in [-0.05, 0) is 86.3 Å². The first-order valence-electron chi connectivity index (χ1n) is 9.80. The third-order valence-electron chi connectivity index (χ3n) is 6.75. The number of carboxylic acids is 1. The van der Waals surface area contributed by atoms with Gasteiger partial charge in [0.05, 0.1) is 10.5 Å². The lowest BCUT2D eigenvalue weighted by Crippen LogP contribution is -2.50. The SMILES string of the molecule is Cc1ccc(C(=O)O)cc1S(=O)(=O)NNC(=O)CC12CC3CC(CC(C3)C1)C2. The molecular weight excluding hydrogens is 380 g/mol. The minimum atomic E-state index is -4.05. The molecule has 3 N–H and O–H groups in total. The van der Waals surface area contributed by atoms with Gasteiger partial charge in [0, 0.05) is 6.42 Å². The number of nitrogens with one attached hydrogen (secondary N) is 2. The Morgan fingerprint density at radius 2 is 1.68 bits per heavy atom. The fourth-order valence-electron chi connectivity index (χ4n) is 6.09. The molecule has 152 valence electrons. The van der Waals surface area contributed by atoms with E-state index in [1.54, 1.807) is 6.92 Å². The molecule has 4 saturated carbocycles. The number of rotatable bonds is 6. The number of aryl methyl sites for hydroxylation is 1. The maximum Gasteiger partial charge on any atom is 0.335 e. The predicted octanol–water partition coefficient (Wildman–Crippen LogP) is 2.61. The molecule has 0 radical (unpaired) electrons. The summed E-state index contributed by atoms with van der Waals surface area (Å²) in [6.07, 6.45) is 7.40. The smallest absolute Gasteiger partial charge is 0.335 e. The van der Waals surface area contributed by atoms with Crippen molar-refractivity contribution in [2.45, 2.75) is 56.8 Å². The summed E-state index contributed by atoms with van der Waals surface area (Å²) in [5, 5.41) is 9.09. The van der Waals surface area contributed by atoms with Crippen LogP contribution in [0.1, 0.15) is 60.9 Å². The Hall–Kier alpha value is -1.93. The van der Waals surface area contributed by atoms with Crippen LogP contribution in [0.2, 0.25) is 0 Å². The highest BCUT2D eigenvalue weighted by atomic mass is 32.2. The minimum absolute atomic E-state index is 0.0173. The average molecular weight is 407 g/mol. The van der Waals surface area contributed by atoms with Crippen molar-refractivity contribution >= 4 is 21.9 Å². The summed E-state index contributed by atoms with van der Waals surface area (Å²) in [4.78, 5) is 25.7. The van der Waals surface area contributed by atoms with E-state index in [9.17, 15) is 18.0 Å². The second-order valence-corrected chi connectivity index (χ2v) is 10.7. The van der Waals surface area contributed by atoms with Crippen LogP contribution < -0.4 is 10.3 Å². The topological polar surface area (TPSA) is 113 Å². The average Bonchev–Trinajstić information content (AvgIpc) is 2.58. The molecule has 28 heavy (non-hydrogen) atoms. The molecule has 0 spiro atoms. The van der Waals surface area contributed by atoms with Crippen LogP contribution in [0, 0.1) is 30.1 Å². The van der Waals surface area contributed by atoms with Crippen LogP contribution in [0.3, 0.4) is 0 Å². The number of benzene rings is 1. The Morgan fingerprint density at radius 1 is 1.11 bits per heavy atom. The monoisotopic (exact) mass is 406 g/mol. The lowest BCUT2D eigenvalue weighted by Gasteiger charge is -2.56. The molecule has 1 aromatic rings. The lowest BCUT2D eigenvalue weighted by atomic mass is 9.49. The minimum Gasteiger partial charge on any atom is -0.478 e. The number of hydrogen-bond acceptors (Lipinski definition) is 4. The van der Waals surface area contributed by atoms with Gasteiger partial charge in [-0.15, -0.1) is 4.83 Å². The molecule has 0 unspecified atom stereocenters. The second kappa shape index (κ2) is 6.84. The van der Waals surface area contributed by atoms with Crippen LogP contribution in [0.15, 0.2) is 23.1 Å². The Labute approximate surface area is 164 Å². The Balaban J connectivity index is 1.42. The molecule has 8 heteroatoms. The molecule has 0 atom stereocenters. The van der Waals surface area contributed by atoms with Gasteiger partial charge in [-0.1, -0.05) is 6.07 Å². The van der Waals surface area contributed by atoms with Crippen molar-refractivity contribution in [1.82, 2.24) is 10.3 Å². The van der Waals surface area contributed by atoms with Crippen LogP contribution >= 0.6 is 0 Å². The van der Waals surface area contributed by atoms with Crippen LogP contribution in [-0.2, 0) is 14.8 Å². The third-order valence-corrected chi connectivity index (χ3v) is 8.14. The van der Waals surface area contributed by atoms with E-state index < -0.39 is 16.0 Å². The van der Waals surface area contributed by atoms with Crippen LogP contribution in [0.5, 0.6) is 0 Å². The molecule has 1 amide bonds. The zero-order valence-electron chi connectivity index (χ0n) is 15.9. The summed E-state index contributed by atoms with van der Waals surface area (Å²) >= 11 is 0. The molecule has 4 aliphatic carbocycles. The number of carbonyl (C=O) groups excluding carboxylic acids is 1. The van der Waals surface area contributed by atoms with Gasteiger partial charge in [0.2, 0.25) is 5.91 Å². The Bertz CT molecular complexity index is 889. The molecule has 7 nitrogen and oxygen atoms in total. The molecule has 1 aromatic carbocycles. The number of hydrazine groups is 1. The van der Waals surface area contributed by atoms with E-state index in [1.807, 2.05) is 0 Å². The van der Waals surface area contributed by atoms with E-state index in [0.29, 0.717) is 12.0 Å². The number of carbonyl (C=O) groups is 2. The van der Waals surface area contributed by atoms with Crippen LogP contribution in [0.25, 0.3) is 0 Å². The maximum atomic E-state index is 12.6. The molecule has 4 aliphatic rings. The van der Waals surface area contributed by atoms with E-state index >= 15 is 0 Å². The van der Waals surface area contributed by atoms with E-state index in [1.165, 1.54) is 31.4 Å². The standard InChI is InChI=1S/C20H26N2O5S/c1-12-2-3-16(19(24)25)7-17(12)28(26,27)22-21-18(23)11-20-8-13-4-14(9-20)6-15(5-13)10-20/h2-3,7,13-15,22H,4-6,8-11H2,1H3,(H,21,23)(H,24,25). The first-order valence-corrected chi connectivity index (χ1v) is 11.3. The van der Waals surface area contributed by atoms with Crippen molar-refractivity contribution in [3.8, 4) is 0 Å². The third kappa shape index (κ3) is 3.67. The molecule has 4 bridgehead atoms. The van der Waals surface area contributed by atoms with E-state index in [2.05, 4.69) is 10.3 Å². The van der Waals surface area contributed by atoms with Gasteiger partial charge in [-0.2, -0.15) is 0 Å². The van der Waals surface area contributed by atoms with Crippen LogP contribution in [-0.4, -0.2) is 25.4 Å². The van der Waals surface area contributed by atoms with Gasteiger partial charge < -0.3 is 5.11 Å². The Kier molecular flexibility index (Phi) is 4.74. The molecule has 5 rings (SSSR count). The van der Waals surface area contributed by atoms with E-state index in [-0.39, 0.29) is 21.8 Å². The molecule has 0 heterocycles. The zero-order chi connectivity index (χ0) is 20.1. The van der Waals surface area contributed by atoms with Gasteiger partial charge in [-0.3, -0.25) is 10.2 Å². The predicted molar refractivity (Wildman–Crippen MR) is 102 cm³/mol. The van der Waals surface area contributed by atoms with Gasteiger partial charge in [0.15, 0.2) is 0 Å². The first kappa shape index (κ1) is 19.4. The summed E-state index contributed by atoms with van der Waals surface area (Å²) in [6.45, 7) is 1.58.